The molecule has 0 atom stereocenters. The largest absolute Gasteiger partial charge is 0.507 e. The van der Waals surface area contributed by atoms with Crippen molar-refractivity contribution in [2.45, 2.75) is 20.0 Å². The van der Waals surface area contributed by atoms with Gasteiger partial charge >= 0.3 is 0 Å². The fourth-order valence-corrected chi connectivity index (χ4v) is 3.02. The Bertz CT molecular complexity index is 901. The second-order valence-electron chi connectivity index (χ2n) is 6.46. The van der Waals surface area contributed by atoms with Crippen molar-refractivity contribution in [3.63, 3.8) is 0 Å². The van der Waals surface area contributed by atoms with Crippen molar-refractivity contribution in [1.29, 1.82) is 0 Å². The summed E-state index contributed by atoms with van der Waals surface area (Å²) in [6, 6.07) is 27.5. The molecule has 28 heavy (non-hydrogen) atoms. The number of benzene rings is 3. The lowest BCUT2D eigenvalue weighted by molar-refractivity contribution is 0.400. The van der Waals surface area contributed by atoms with E-state index in [-0.39, 0.29) is 5.75 Å². The monoisotopic (exact) mass is 389 g/mol. The molecular formula is C23H23N3OS. The smallest absolute Gasteiger partial charge is 0.190 e. The minimum atomic E-state index is 0.196. The molecule has 0 aliphatic rings. The molecule has 0 fully saturated rings. The molecule has 0 saturated carbocycles. The number of phenolic OH excluding ortho intramolecular Hbond substituents is 1. The third-order valence-corrected chi connectivity index (χ3v) is 4.68. The van der Waals surface area contributed by atoms with E-state index in [2.05, 4.69) is 39.7 Å². The van der Waals surface area contributed by atoms with Gasteiger partial charge in [-0.15, -0.1) is 0 Å². The normalized spacial score (nSPS) is 11.1. The lowest BCUT2D eigenvalue weighted by Gasteiger charge is -2.25. The molecule has 0 spiro atoms. The van der Waals surface area contributed by atoms with Gasteiger partial charge in [0.25, 0.3) is 0 Å². The van der Waals surface area contributed by atoms with Crippen LogP contribution < -0.4 is 5.43 Å². The SMILES string of the molecule is C/C(=N/NC(=S)N(Cc1ccccc1)Cc1ccccc1)c1ccccc1O. The number of phenols is 1. The number of rotatable bonds is 6. The third kappa shape index (κ3) is 5.41. The zero-order valence-corrected chi connectivity index (χ0v) is 16.6. The van der Waals surface area contributed by atoms with Gasteiger partial charge in [0, 0.05) is 18.7 Å². The molecule has 0 aliphatic carbocycles. The van der Waals surface area contributed by atoms with Gasteiger partial charge in [-0.25, -0.2) is 0 Å². The van der Waals surface area contributed by atoms with Crippen LogP contribution in [0.25, 0.3) is 0 Å². The first kappa shape index (κ1) is 19.6. The highest BCUT2D eigenvalue weighted by Crippen LogP contribution is 2.16. The van der Waals surface area contributed by atoms with Crippen LogP contribution in [-0.2, 0) is 13.1 Å². The lowest BCUT2D eigenvalue weighted by Crippen LogP contribution is -2.37. The lowest BCUT2D eigenvalue weighted by atomic mass is 10.1. The first-order chi connectivity index (χ1) is 13.6. The Morgan fingerprint density at radius 1 is 0.857 bits per heavy atom. The minimum absolute atomic E-state index is 0.196. The standard InChI is InChI=1S/C23H23N3OS/c1-18(21-14-8-9-15-22(21)27)24-25-23(28)26(16-19-10-4-2-5-11-19)17-20-12-6-3-7-13-20/h2-15,27H,16-17H2,1H3,(H,25,28)/b24-18-. The van der Waals surface area contributed by atoms with Crippen LogP contribution in [0.3, 0.4) is 0 Å². The summed E-state index contributed by atoms with van der Waals surface area (Å²) in [5.41, 5.74) is 6.67. The Morgan fingerprint density at radius 2 is 1.36 bits per heavy atom. The second-order valence-corrected chi connectivity index (χ2v) is 6.85. The molecule has 0 amide bonds. The zero-order chi connectivity index (χ0) is 19.8. The van der Waals surface area contributed by atoms with Crippen molar-refractivity contribution < 1.29 is 5.11 Å². The Labute approximate surface area is 171 Å². The molecule has 4 nitrogen and oxygen atoms in total. The molecule has 0 heterocycles. The van der Waals surface area contributed by atoms with Gasteiger partial charge in [-0.1, -0.05) is 72.8 Å². The molecule has 0 aromatic heterocycles. The van der Waals surface area contributed by atoms with E-state index < -0.39 is 0 Å². The Morgan fingerprint density at radius 3 is 1.89 bits per heavy atom. The molecule has 3 aromatic carbocycles. The van der Waals surface area contributed by atoms with Gasteiger partial charge in [0.15, 0.2) is 5.11 Å². The molecule has 2 N–H and O–H groups in total. The van der Waals surface area contributed by atoms with Crippen molar-refractivity contribution >= 4 is 23.0 Å². The highest BCUT2D eigenvalue weighted by molar-refractivity contribution is 7.80. The quantitative estimate of drug-likeness (QED) is 0.365. The molecule has 0 unspecified atom stereocenters. The summed E-state index contributed by atoms with van der Waals surface area (Å²) in [4.78, 5) is 2.07. The number of nitrogens with one attached hydrogen (secondary N) is 1. The number of para-hydroxylation sites is 1. The Kier molecular flexibility index (Phi) is 6.76. The molecule has 0 radical (unpaired) electrons. The van der Waals surface area contributed by atoms with Crippen LogP contribution >= 0.6 is 12.2 Å². The topological polar surface area (TPSA) is 47.9 Å². The van der Waals surface area contributed by atoms with Crippen LogP contribution in [0.4, 0.5) is 0 Å². The summed E-state index contributed by atoms with van der Waals surface area (Å²) >= 11 is 5.62. The van der Waals surface area contributed by atoms with Crippen LogP contribution in [-0.4, -0.2) is 20.8 Å². The third-order valence-electron chi connectivity index (χ3n) is 4.33. The number of aromatic hydroxyl groups is 1. The van der Waals surface area contributed by atoms with E-state index in [4.69, 9.17) is 12.2 Å². The average Bonchev–Trinajstić information content (AvgIpc) is 2.73. The number of hydrogen-bond acceptors (Lipinski definition) is 3. The fourth-order valence-electron chi connectivity index (χ4n) is 2.85. The van der Waals surface area contributed by atoms with Gasteiger partial charge in [0.1, 0.15) is 5.75 Å². The van der Waals surface area contributed by atoms with Gasteiger partial charge < -0.3 is 10.0 Å². The van der Waals surface area contributed by atoms with E-state index >= 15 is 0 Å². The van der Waals surface area contributed by atoms with Gasteiger partial charge in [-0.2, -0.15) is 5.10 Å². The molecule has 0 saturated heterocycles. The van der Waals surface area contributed by atoms with Crippen molar-refractivity contribution in [1.82, 2.24) is 10.3 Å². The van der Waals surface area contributed by atoms with Crippen LogP contribution in [0.1, 0.15) is 23.6 Å². The number of nitrogens with zero attached hydrogens (tertiary/aromatic N) is 2. The summed E-state index contributed by atoms with van der Waals surface area (Å²) in [5, 5.41) is 14.9. The fraction of sp³-hybridized carbons (Fsp3) is 0.130. The number of thiocarbonyl (C=S) groups is 1. The molecular weight excluding hydrogens is 366 g/mol. The minimum Gasteiger partial charge on any atom is -0.507 e. The highest BCUT2D eigenvalue weighted by atomic mass is 32.1. The van der Waals surface area contributed by atoms with E-state index in [0.717, 1.165) is 0 Å². The summed E-state index contributed by atoms with van der Waals surface area (Å²) in [6.45, 7) is 3.18. The predicted octanol–water partition coefficient (Wildman–Crippen LogP) is 4.69. The van der Waals surface area contributed by atoms with Gasteiger partial charge in [-0.3, -0.25) is 5.43 Å². The Hall–Kier alpha value is -3.18. The van der Waals surface area contributed by atoms with Crippen LogP contribution in [0.5, 0.6) is 5.75 Å². The molecule has 142 valence electrons. The maximum Gasteiger partial charge on any atom is 0.190 e. The van der Waals surface area contributed by atoms with Crippen molar-refractivity contribution in [3.05, 3.63) is 102 Å². The first-order valence-corrected chi connectivity index (χ1v) is 9.50. The number of hydrogen-bond donors (Lipinski definition) is 2. The molecule has 0 aliphatic heterocycles. The second kappa shape index (κ2) is 9.67. The maximum absolute atomic E-state index is 9.99. The summed E-state index contributed by atoms with van der Waals surface area (Å²) in [6.07, 6.45) is 0. The summed E-state index contributed by atoms with van der Waals surface area (Å²) in [7, 11) is 0. The number of hydrazone groups is 1. The molecule has 0 bridgehead atoms. The van der Waals surface area contributed by atoms with Gasteiger partial charge in [0.2, 0.25) is 0 Å². The van der Waals surface area contributed by atoms with E-state index in [1.807, 2.05) is 55.5 Å². The molecule has 3 aromatic rings. The summed E-state index contributed by atoms with van der Waals surface area (Å²) < 4.78 is 0. The van der Waals surface area contributed by atoms with Crippen LogP contribution in [0.15, 0.2) is 90.0 Å². The van der Waals surface area contributed by atoms with Gasteiger partial charge in [-0.05, 0) is 42.4 Å². The van der Waals surface area contributed by atoms with Crippen molar-refractivity contribution in [2.75, 3.05) is 0 Å². The Balaban J connectivity index is 1.75. The van der Waals surface area contributed by atoms with E-state index in [1.54, 1.807) is 12.1 Å². The van der Waals surface area contributed by atoms with E-state index in [1.165, 1.54) is 11.1 Å². The first-order valence-electron chi connectivity index (χ1n) is 9.09. The molecule has 3 rings (SSSR count). The van der Waals surface area contributed by atoms with Crippen molar-refractivity contribution in [2.24, 2.45) is 5.10 Å². The zero-order valence-electron chi connectivity index (χ0n) is 15.7. The highest BCUT2D eigenvalue weighted by Gasteiger charge is 2.12. The van der Waals surface area contributed by atoms with E-state index in [0.29, 0.717) is 29.5 Å². The molecule has 5 heteroatoms. The van der Waals surface area contributed by atoms with Gasteiger partial charge in [0.05, 0.1) is 5.71 Å². The van der Waals surface area contributed by atoms with Crippen molar-refractivity contribution in [3.8, 4) is 5.75 Å². The van der Waals surface area contributed by atoms with Crippen LogP contribution in [0, 0.1) is 0 Å². The predicted molar refractivity (Wildman–Crippen MR) is 118 cm³/mol. The average molecular weight is 390 g/mol. The van der Waals surface area contributed by atoms with Crippen LogP contribution in [0.2, 0.25) is 0 Å². The maximum atomic E-state index is 9.99. The summed E-state index contributed by atoms with van der Waals surface area (Å²) in [5.74, 6) is 0.196. The van der Waals surface area contributed by atoms with E-state index in [9.17, 15) is 5.11 Å².